The van der Waals surface area contributed by atoms with Crippen molar-refractivity contribution >= 4 is 40.1 Å². The summed E-state index contributed by atoms with van der Waals surface area (Å²) >= 11 is 7.37. The monoisotopic (exact) mass is 299 g/mol. The zero-order valence-electron chi connectivity index (χ0n) is 10.7. The normalized spacial score (nSPS) is 18.8. The maximum Gasteiger partial charge on any atom is 0.228 e. The van der Waals surface area contributed by atoms with Gasteiger partial charge in [-0.2, -0.15) is 0 Å². The zero-order chi connectivity index (χ0) is 14.0. The average Bonchev–Trinajstić information content (AvgIpc) is 2.69. The Morgan fingerprint density at radius 3 is 2.84 bits per heavy atom. The third-order valence-corrected chi connectivity index (χ3v) is 4.15. The Kier molecular flexibility index (Phi) is 4.37. The summed E-state index contributed by atoms with van der Waals surface area (Å²) in [6.45, 7) is 2.02. The van der Waals surface area contributed by atoms with Gasteiger partial charge in [0.05, 0.1) is 17.8 Å². The van der Waals surface area contributed by atoms with Crippen molar-refractivity contribution in [3.05, 3.63) is 23.2 Å². The number of benzene rings is 1. The number of amides is 1. The van der Waals surface area contributed by atoms with Gasteiger partial charge in [-0.1, -0.05) is 23.4 Å². The van der Waals surface area contributed by atoms with Gasteiger partial charge in [0, 0.05) is 31.2 Å². The number of carbonyl (C=O) groups is 2. The third kappa shape index (κ3) is 3.22. The number of thioether (sulfide) groups is 1. The van der Waals surface area contributed by atoms with Crippen LogP contribution in [0.15, 0.2) is 18.2 Å². The second-order valence-electron chi connectivity index (χ2n) is 4.26. The maximum absolute atomic E-state index is 12.0. The average molecular weight is 300 g/mol. The van der Waals surface area contributed by atoms with Crippen LogP contribution in [0.5, 0.6) is 5.75 Å². The number of methoxy groups -OCH3 is 1. The molecule has 1 heterocycles. The molecule has 1 amide bonds. The van der Waals surface area contributed by atoms with E-state index < -0.39 is 0 Å². The fourth-order valence-corrected chi connectivity index (χ4v) is 3.25. The second kappa shape index (κ2) is 5.84. The summed E-state index contributed by atoms with van der Waals surface area (Å²) in [7, 11) is 1.56. The molecule has 0 N–H and O–H groups in total. The van der Waals surface area contributed by atoms with Crippen LogP contribution in [0.3, 0.4) is 0 Å². The standard InChI is InChI=1S/C13H14ClNO3S/c1-8(16)19-10-6-13(17)15(7-10)12-4-3-9(18-2)5-11(12)14/h3-5,10H,6-7H2,1-2H3. The third-order valence-electron chi connectivity index (χ3n) is 2.87. The number of halogens is 1. The molecule has 102 valence electrons. The van der Waals surface area contributed by atoms with Gasteiger partial charge in [0.15, 0.2) is 5.12 Å². The minimum absolute atomic E-state index is 0.00293. The Balaban J connectivity index is 2.18. The van der Waals surface area contributed by atoms with E-state index in [9.17, 15) is 9.59 Å². The van der Waals surface area contributed by atoms with E-state index in [4.69, 9.17) is 16.3 Å². The van der Waals surface area contributed by atoms with Crippen molar-refractivity contribution in [2.45, 2.75) is 18.6 Å². The molecule has 19 heavy (non-hydrogen) atoms. The van der Waals surface area contributed by atoms with E-state index in [0.29, 0.717) is 29.4 Å². The first-order chi connectivity index (χ1) is 9.01. The SMILES string of the molecule is COc1ccc(N2CC(SC(C)=O)CC2=O)c(Cl)c1. The molecule has 0 aliphatic carbocycles. The molecule has 0 spiro atoms. The first-order valence-corrected chi connectivity index (χ1v) is 7.08. The summed E-state index contributed by atoms with van der Waals surface area (Å²) in [5, 5.41) is 0.504. The molecule has 0 saturated carbocycles. The molecular weight excluding hydrogens is 286 g/mol. The summed E-state index contributed by atoms with van der Waals surface area (Å²) in [5.41, 5.74) is 0.666. The minimum Gasteiger partial charge on any atom is -0.497 e. The van der Waals surface area contributed by atoms with Gasteiger partial charge in [0.2, 0.25) is 5.91 Å². The van der Waals surface area contributed by atoms with Crippen LogP contribution < -0.4 is 9.64 Å². The number of ether oxygens (including phenoxy) is 1. The van der Waals surface area contributed by atoms with Gasteiger partial charge >= 0.3 is 0 Å². The summed E-state index contributed by atoms with van der Waals surface area (Å²) < 4.78 is 5.08. The topological polar surface area (TPSA) is 46.6 Å². The van der Waals surface area contributed by atoms with E-state index in [2.05, 4.69) is 0 Å². The van der Waals surface area contributed by atoms with Crippen LogP contribution in [0, 0.1) is 0 Å². The predicted molar refractivity (Wildman–Crippen MR) is 77.0 cm³/mol. The highest BCUT2D eigenvalue weighted by Crippen LogP contribution is 2.34. The van der Waals surface area contributed by atoms with Crippen LogP contribution in [0.1, 0.15) is 13.3 Å². The van der Waals surface area contributed by atoms with Crippen molar-refractivity contribution in [2.75, 3.05) is 18.6 Å². The van der Waals surface area contributed by atoms with Gasteiger partial charge in [-0.05, 0) is 12.1 Å². The van der Waals surface area contributed by atoms with Crippen LogP contribution in [0.25, 0.3) is 0 Å². The number of hydrogen-bond donors (Lipinski definition) is 0. The lowest BCUT2D eigenvalue weighted by Crippen LogP contribution is -2.25. The molecule has 4 nitrogen and oxygen atoms in total. The van der Waals surface area contributed by atoms with Crippen molar-refractivity contribution < 1.29 is 14.3 Å². The highest BCUT2D eigenvalue weighted by atomic mass is 35.5. The molecular formula is C13H14ClNO3S. The summed E-state index contributed by atoms with van der Waals surface area (Å²) in [6, 6.07) is 5.20. The fraction of sp³-hybridized carbons (Fsp3) is 0.385. The lowest BCUT2D eigenvalue weighted by Gasteiger charge is -2.18. The lowest BCUT2D eigenvalue weighted by molar-refractivity contribution is -0.117. The molecule has 1 aromatic rings. The Morgan fingerprint density at radius 1 is 1.53 bits per heavy atom. The van der Waals surface area contributed by atoms with Crippen molar-refractivity contribution in [1.29, 1.82) is 0 Å². The highest BCUT2D eigenvalue weighted by Gasteiger charge is 2.32. The van der Waals surface area contributed by atoms with Gasteiger partial charge in [-0.15, -0.1) is 0 Å². The molecule has 0 aromatic heterocycles. The molecule has 1 aromatic carbocycles. The van der Waals surface area contributed by atoms with Gasteiger partial charge in [0.1, 0.15) is 5.75 Å². The number of hydrogen-bond acceptors (Lipinski definition) is 4. The Bertz CT molecular complexity index is 521. The van der Waals surface area contributed by atoms with Gasteiger partial charge in [0.25, 0.3) is 0 Å². The molecule has 0 radical (unpaired) electrons. The van der Waals surface area contributed by atoms with Crippen molar-refractivity contribution in [1.82, 2.24) is 0 Å². The quantitative estimate of drug-likeness (QED) is 0.861. The molecule has 0 bridgehead atoms. The van der Waals surface area contributed by atoms with Crippen molar-refractivity contribution in [3.63, 3.8) is 0 Å². The number of carbonyl (C=O) groups excluding carboxylic acids is 2. The molecule has 1 aliphatic rings. The van der Waals surface area contributed by atoms with E-state index in [1.54, 1.807) is 30.2 Å². The van der Waals surface area contributed by atoms with E-state index >= 15 is 0 Å². The molecule has 1 fully saturated rings. The van der Waals surface area contributed by atoms with E-state index in [-0.39, 0.29) is 16.3 Å². The molecule has 6 heteroatoms. The van der Waals surface area contributed by atoms with Crippen LogP contribution in [0.2, 0.25) is 5.02 Å². The van der Waals surface area contributed by atoms with Crippen LogP contribution in [0.4, 0.5) is 5.69 Å². The fourth-order valence-electron chi connectivity index (χ4n) is 2.05. The van der Waals surface area contributed by atoms with Gasteiger partial charge in [-0.25, -0.2) is 0 Å². The number of rotatable bonds is 3. The van der Waals surface area contributed by atoms with E-state index in [1.807, 2.05) is 0 Å². The zero-order valence-corrected chi connectivity index (χ0v) is 12.3. The Morgan fingerprint density at radius 2 is 2.26 bits per heavy atom. The van der Waals surface area contributed by atoms with Crippen molar-refractivity contribution in [3.8, 4) is 5.75 Å². The smallest absolute Gasteiger partial charge is 0.228 e. The Hall–Kier alpha value is -1.20. The van der Waals surface area contributed by atoms with Crippen LogP contribution in [-0.4, -0.2) is 29.9 Å². The first-order valence-electron chi connectivity index (χ1n) is 5.82. The predicted octanol–water partition coefficient (Wildman–Crippen LogP) is 2.73. The summed E-state index contributed by atoms with van der Waals surface area (Å²) in [5.74, 6) is 0.640. The highest BCUT2D eigenvalue weighted by molar-refractivity contribution is 8.14. The van der Waals surface area contributed by atoms with E-state index in [1.165, 1.54) is 18.7 Å². The van der Waals surface area contributed by atoms with Crippen LogP contribution in [-0.2, 0) is 9.59 Å². The molecule has 2 rings (SSSR count). The molecule has 1 aliphatic heterocycles. The minimum atomic E-state index is -0.00850. The maximum atomic E-state index is 12.0. The molecule has 1 saturated heterocycles. The summed E-state index contributed by atoms with van der Waals surface area (Å²) in [6.07, 6.45) is 0.368. The lowest BCUT2D eigenvalue weighted by atomic mass is 10.3. The first kappa shape index (κ1) is 14.2. The number of nitrogens with zero attached hydrogens (tertiary/aromatic N) is 1. The van der Waals surface area contributed by atoms with Gasteiger partial charge in [-0.3, -0.25) is 9.59 Å². The largest absolute Gasteiger partial charge is 0.497 e. The van der Waals surface area contributed by atoms with Crippen LogP contribution >= 0.6 is 23.4 Å². The number of anilines is 1. The second-order valence-corrected chi connectivity index (χ2v) is 6.14. The molecule has 1 atom stereocenters. The van der Waals surface area contributed by atoms with Gasteiger partial charge < -0.3 is 9.64 Å². The summed E-state index contributed by atoms with van der Waals surface area (Å²) in [4.78, 5) is 24.7. The van der Waals surface area contributed by atoms with E-state index in [0.717, 1.165) is 0 Å². The Labute approximate surface area is 121 Å². The van der Waals surface area contributed by atoms with Crippen molar-refractivity contribution in [2.24, 2.45) is 0 Å². The molecule has 1 unspecified atom stereocenters.